The predicted molar refractivity (Wildman–Crippen MR) is 108 cm³/mol. The number of hydrogen-bond acceptors (Lipinski definition) is 4. The maximum absolute atomic E-state index is 12.5. The van der Waals surface area contributed by atoms with Crippen LogP contribution in [0.5, 0.6) is 5.75 Å². The van der Waals surface area contributed by atoms with Crippen molar-refractivity contribution in [2.45, 2.75) is 19.9 Å². The summed E-state index contributed by atoms with van der Waals surface area (Å²) in [6.45, 7) is 3.42. The molecule has 27 heavy (non-hydrogen) atoms. The van der Waals surface area contributed by atoms with Crippen molar-refractivity contribution in [3.05, 3.63) is 58.6 Å². The summed E-state index contributed by atoms with van der Waals surface area (Å²) in [5.41, 5.74) is 2.18. The van der Waals surface area contributed by atoms with E-state index in [4.69, 9.17) is 16.3 Å². The first kappa shape index (κ1) is 21.1. The fraction of sp³-hybridized carbons (Fsp3) is 0.316. The Balaban J connectivity index is 2.20. The fourth-order valence-electron chi connectivity index (χ4n) is 2.72. The van der Waals surface area contributed by atoms with Crippen LogP contribution in [0, 0.1) is 6.92 Å². The summed E-state index contributed by atoms with van der Waals surface area (Å²) in [7, 11) is -2.10. The monoisotopic (exact) mass is 410 g/mol. The highest BCUT2D eigenvalue weighted by Crippen LogP contribution is 2.26. The van der Waals surface area contributed by atoms with Crippen LogP contribution in [-0.2, 0) is 14.8 Å². The van der Waals surface area contributed by atoms with Gasteiger partial charge in [-0.25, -0.2) is 8.42 Å². The molecule has 2 aromatic rings. The molecule has 2 aromatic carbocycles. The molecule has 0 radical (unpaired) electrons. The van der Waals surface area contributed by atoms with E-state index in [1.807, 2.05) is 32.0 Å². The van der Waals surface area contributed by atoms with Gasteiger partial charge in [0.2, 0.25) is 15.9 Å². The normalized spacial score (nSPS) is 12.3. The van der Waals surface area contributed by atoms with Crippen molar-refractivity contribution >= 4 is 33.2 Å². The summed E-state index contributed by atoms with van der Waals surface area (Å²) in [6.07, 6.45) is 1.05. The number of anilines is 1. The van der Waals surface area contributed by atoms with Crippen molar-refractivity contribution in [1.82, 2.24) is 5.32 Å². The number of carbonyl (C=O) groups is 1. The molecule has 1 amide bonds. The Kier molecular flexibility index (Phi) is 6.73. The van der Waals surface area contributed by atoms with E-state index in [1.165, 1.54) is 6.07 Å². The number of rotatable bonds is 7. The van der Waals surface area contributed by atoms with Gasteiger partial charge in [-0.2, -0.15) is 0 Å². The smallest absolute Gasteiger partial charge is 0.241 e. The van der Waals surface area contributed by atoms with Gasteiger partial charge < -0.3 is 10.1 Å². The summed E-state index contributed by atoms with van der Waals surface area (Å²) in [4.78, 5) is 12.5. The number of nitrogens with zero attached hydrogens (tertiary/aromatic N) is 1. The molecule has 1 N–H and O–H groups in total. The number of hydrogen-bond donors (Lipinski definition) is 1. The molecule has 6 nitrogen and oxygen atoms in total. The van der Waals surface area contributed by atoms with Crippen LogP contribution in [0.1, 0.15) is 24.1 Å². The van der Waals surface area contributed by atoms with Crippen LogP contribution in [0.15, 0.2) is 42.5 Å². The van der Waals surface area contributed by atoms with Gasteiger partial charge in [-0.05, 0) is 38.1 Å². The third-order valence-electron chi connectivity index (χ3n) is 4.01. The molecular formula is C19H23ClN2O4S. The third kappa shape index (κ3) is 5.61. The molecule has 8 heteroatoms. The molecule has 2 rings (SSSR count). The number of aryl methyl sites for hydroxylation is 1. The zero-order valence-corrected chi connectivity index (χ0v) is 17.3. The molecule has 0 saturated carbocycles. The second-order valence-electron chi connectivity index (χ2n) is 6.28. The Morgan fingerprint density at radius 1 is 1.26 bits per heavy atom. The number of sulfonamides is 1. The van der Waals surface area contributed by atoms with Crippen LogP contribution in [-0.4, -0.2) is 34.2 Å². The molecule has 0 heterocycles. The van der Waals surface area contributed by atoms with Crippen molar-refractivity contribution in [1.29, 1.82) is 0 Å². The summed E-state index contributed by atoms with van der Waals surface area (Å²) in [5, 5.41) is 3.22. The molecule has 0 aliphatic carbocycles. The Morgan fingerprint density at radius 3 is 2.56 bits per heavy atom. The van der Waals surface area contributed by atoms with Gasteiger partial charge >= 0.3 is 0 Å². The zero-order valence-electron chi connectivity index (χ0n) is 15.7. The third-order valence-corrected chi connectivity index (χ3v) is 5.39. The van der Waals surface area contributed by atoms with Crippen LogP contribution in [0.4, 0.5) is 5.69 Å². The Bertz CT molecular complexity index is 931. The number of methoxy groups -OCH3 is 1. The molecule has 0 aliphatic rings. The number of ether oxygens (including phenoxy) is 1. The Hall–Kier alpha value is -2.25. The van der Waals surface area contributed by atoms with E-state index in [-0.39, 0.29) is 12.6 Å². The lowest BCUT2D eigenvalue weighted by Gasteiger charge is -2.24. The highest BCUT2D eigenvalue weighted by molar-refractivity contribution is 7.92. The minimum atomic E-state index is -3.66. The second kappa shape index (κ2) is 8.63. The van der Waals surface area contributed by atoms with E-state index >= 15 is 0 Å². The number of benzene rings is 2. The molecule has 0 saturated heterocycles. The van der Waals surface area contributed by atoms with E-state index in [2.05, 4.69) is 5.32 Å². The van der Waals surface area contributed by atoms with Gasteiger partial charge in [-0.15, -0.1) is 0 Å². The van der Waals surface area contributed by atoms with E-state index in [0.717, 1.165) is 21.7 Å². The molecular weight excluding hydrogens is 388 g/mol. The van der Waals surface area contributed by atoms with Crippen LogP contribution in [0.25, 0.3) is 0 Å². The molecule has 0 spiro atoms. The Labute approximate surface area is 165 Å². The molecule has 0 aliphatic heterocycles. The maximum atomic E-state index is 12.5. The first-order valence-electron chi connectivity index (χ1n) is 8.29. The van der Waals surface area contributed by atoms with Gasteiger partial charge in [0, 0.05) is 10.6 Å². The van der Waals surface area contributed by atoms with E-state index < -0.39 is 15.9 Å². The van der Waals surface area contributed by atoms with E-state index in [0.29, 0.717) is 16.5 Å². The molecule has 0 bridgehead atoms. The zero-order chi connectivity index (χ0) is 20.2. The lowest BCUT2D eigenvalue weighted by atomic mass is 10.0. The van der Waals surface area contributed by atoms with Gasteiger partial charge in [0.05, 0.1) is 25.1 Å². The maximum Gasteiger partial charge on any atom is 0.241 e. The van der Waals surface area contributed by atoms with Crippen molar-refractivity contribution in [3.63, 3.8) is 0 Å². The number of halogens is 1. The lowest BCUT2D eigenvalue weighted by Crippen LogP contribution is -2.41. The van der Waals surface area contributed by atoms with Gasteiger partial charge in [0.25, 0.3) is 0 Å². The van der Waals surface area contributed by atoms with Crippen LogP contribution in [0.2, 0.25) is 5.02 Å². The minimum Gasteiger partial charge on any atom is -0.496 e. The standard InChI is InChI=1S/C19H23ClN2O4S/c1-13-8-9-18(26-3)17(10-13)14(2)21-19(23)12-22(27(4,24)25)16-7-5-6-15(20)11-16/h5-11,14H,12H2,1-4H3,(H,21,23)/t14-/m1/s1. The summed E-state index contributed by atoms with van der Waals surface area (Å²) < 4.78 is 30.7. The van der Waals surface area contributed by atoms with Crippen molar-refractivity contribution in [3.8, 4) is 5.75 Å². The average Bonchev–Trinajstić information content (AvgIpc) is 2.58. The Morgan fingerprint density at radius 2 is 1.96 bits per heavy atom. The first-order valence-corrected chi connectivity index (χ1v) is 10.5. The highest BCUT2D eigenvalue weighted by Gasteiger charge is 2.23. The average molecular weight is 411 g/mol. The summed E-state index contributed by atoms with van der Waals surface area (Å²) >= 11 is 5.95. The summed E-state index contributed by atoms with van der Waals surface area (Å²) in [5.74, 6) is 0.222. The van der Waals surface area contributed by atoms with Crippen LogP contribution >= 0.6 is 11.6 Å². The van der Waals surface area contributed by atoms with Crippen molar-refractivity contribution < 1.29 is 17.9 Å². The molecule has 0 unspecified atom stereocenters. The fourth-order valence-corrected chi connectivity index (χ4v) is 3.75. The molecule has 0 aromatic heterocycles. The van der Waals surface area contributed by atoms with Gasteiger partial charge in [0.1, 0.15) is 12.3 Å². The lowest BCUT2D eigenvalue weighted by molar-refractivity contribution is -0.120. The van der Waals surface area contributed by atoms with Gasteiger partial charge in [-0.1, -0.05) is 35.4 Å². The molecule has 146 valence electrons. The molecule has 0 fully saturated rings. The largest absolute Gasteiger partial charge is 0.496 e. The van der Waals surface area contributed by atoms with E-state index in [1.54, 1.807) is 25.3 Å². The topological polar surface area (TPSA) is 75.7 Å². The second-order valence-corrected chi connectivity index (χ2v) is 8.63. The quantitative estimate of drug-likeness (QED) is 0.759. The van der Waals surface area contributed by atoms with Crippen molar-refractivity contribution in [2.24, 2.45) is 0 Å². The number of amides is 1. The molecule has 1 atom stereocenters. The first-order chi connectivity index (χ1) is 12.6. The highest BCUT2D eigenvalue weighted by atomic mass is 35.5. The van der Waals surface area contributed by atoms with Gasteiger partial charge in [0.15, 0.2) is 0 Å². The SMILES string of the molecule is COc1ccc(C)cc1[C@@H](C)NC(=O)CN(c1cccc(Cl)c1)S(C)(=O)=O. The predicted octanol–water partition coefficient (Wildman–Crippen LogP) is 3.30. The summed E-state index contributed by atoms with van der Waals surface area (Å²) in [6, 6.07) is 11.7. The van der Waals surface area contributed by atoms with E-state index in [9.17, 15) is 13.2 Å². The van der Waals surface area contributed by atoms with Crippen LogP contribution < -0.4 is 14.4 Å². The minimum absolute atomic E-state index is 0.334. The van der Waals surface area contributed by atoms with Gasteiger partial charge in [-0.3, -0.25) is 9.10 Å². The van der Waals surface area contributed by atoms with Crippen LogP contribution in [0.3, 0.4) is 0 Å². The van der Waals surface area contributed by atoms with Crippen molar-refractivity contribution in [2.75, 3.05) is 24.2 Å². The number of nitrogens with one attached hydrogen (secondary N) is 1. The number of carbonyl (C=O) groups excluding carboxylic acids is 1.